The molecule has 0 saturated heterocycles. The maximum Gasteiger partial charge on any atom is 0.412 e. The number of rotatable bonds is 6. The number of ketones is 1. The molecule has 0 aliphatic rings. The molecule has 32 heavy (non-hydrogen) atoms. The van der Waals surface area contributed by atoms with E-state index in [-0.39, 0.29) is 27.9 Å². The van der Waals surface area contributed by atoms with Crippen LogP contribution in [-0.4, -0.2) is 36.0 Å². The van der Waals surface area contributed by atoms with Gasteiger partial charge < -0.3 is 20.5 Å². The molecule has 2 aromatic carbocycles. The van der Waals surface area contributed by atoms with E-state index in [1.807, 2.05) is 6.92 Å². The van der Waals surface area contributed by atoms with Crippen molar-refractivity contribution in [1.82, 2.24) is 4.98 Å². The Hall–Kier alpha value is -4.25. The minimum atomic E-state index is -1.26. The quantitative estimate of drug-likeness (QED) is 0.293. The number of primary amides is 1. The van der Waals surface area contributed by atoms with E-state index in [0.717, 1.165) is 16.9 Å². The van der Waals surface area contributed by atoms with Gasteiger partial charge in [-0.05, 0) is 31.2 Å². The van der Waals surface area contributed by atoms with E-state index in [2.05, 4.69) is 20.4 Å². The van der Waals surface area contributed by atoms with Crippen molar-refractivity contribution in [1.29, 1.82) is 0 Å². The molecule has 0 radical (unpaired) electrons. The van der Waals surface area contributed by atoms with Gasteiger partial charge in [0.1, 0.15) is 5.75 Å². The van der Waals surface area contributed by atoms with Crippen LogP contribution in [0.4, 0.5) is 20.4 Å². The highest BCUT2D eigenvalue weighted by Gasteiger charge is 2.20. The standard InChI is InChI=1S/C21H18N4O6S/c1-11-7-8-14(13(9-11)17(26)12-5-3-4-6-16(12)30-2)23-20(29)25-21-24-15(10-32-21)18(27)31-19(22)28/h3-10H,1-2H3,(H2,22,28)(H2,23,24,25,29). The van der Waals surface area contributed by atoms with E-state index in [1.54, 1.807) is 42.5 Å². The van der Waals surface area contributed by atoms with Gasteiger partial charge in [0.05, 0.1) is 18.4 Å². The van der Waals surface area contributed by atoms with Crippen molar-refractivity contribution < 1.29 is 28.7 Å². The number of amides is 3. The lowest BCUT2D eigenvalue weighted by Crippen LogP contribution is -2.22. The second-order valence-corrected chi connectivity index (χ2v) is 7.26. The van der Waals surface area contributed by atoms with Crippen molar-refractivity contribution in [2.75, 3.05) is 17.7 Å². The van der Waals surface area contributed by atoms with Crippen LogP contribution in [0.5, 0.6) is 5.75 Å². The van der Waals surface area contributed by atoms with Crippen molar-refractivity contribution in [3.8, 4) is 5.75 Å². The number of aromatic nitrogens is 1. The second-order valence-electron chi connectivity index (χ2n) is 6.40. The molecule has 3 rings (SSSR count). The lowest BCUT2D eigenvalue weighted by atomic mass is 9.99. The largest absolute Gasteiger partial charge is 0.496 e. The molecule has 4 N–H and O–H groups in total. The molecule has 0 atom stereocenters. The summed E-state index contributed by atoms with van der Waals surface area (Å²) in [4.78, 5) is 51.8. The van der Waals surface area contributed by atoms with Crippen molar-refractivity contribution in [3.05, 3.63) is 70.2 Å². The van der Waals surface area contributed by atoms with Gasteiger partial charge in [0.25, 0.3) is 0 Å². The molecule has 0 saturated carbocycles. The Bertz CT molecular complexity index is 1210. The Morgan fingerprint density at radius 3 is 2.50 bits per heavy atom. The van der Waals surface area contributed by atoms with Crippen LogP contribution in [0.1, 0.15) is 32.0 Å². The Morgan fingerprint density at radius 2 is 1.78 bits per heavy atom. The summed E-state index contributed by atoms with van der Waals surface area (Å²) in [5.41, 5.74) is 6.32. The molecule has 11 heteroatoms. The van der Waals surface area contributed by atoms with Crippen LogP contribution in [0.2, 0.25) is 0 Å². The minimum absolute atomic E-state index is 0.0728. The number of nitrogens with one attached hydrogen (secondary N) is 2. The van der Waals surface area contributed by atoms with Gasteiger partial charge in [-0.3, -0.25) is 10.1 Å². The van der Waals surface area contributed by atoms with Crippen molar-refractivity contribution in [2.24, 2.45) is 5.73 Å². The Balaban J connectivity index is 1.79. The summed E-state index contributed by atoms with van der Waals surface area (Å²) in [6.45, 7) is 1.82. The highest BCUT2D eigenvalue weighted by Crippen LogP contribution is 2.26. The molecule has 0 unspecified atom stereocenters. The number of carbonyl (C=O) groups is 4. The Kier molecular flexibility index (Phi) is 6.80. The number of aryl methyl sites for hydroxylation is 1. The van der Waals surface area contributed by atoms with Crippen LogP contribution in [-0.2, 0) is 4.74 Å². The molecule has 10 nitrogen and oxygen atoms in total. The van der Waals surface area contributed by atoms with Gasteiger partial charge in [-0.2, -0.15) is 0 Å². The summed E-state index contributed by atoms with van der Waals surface area (Å²) in [6, 6.07) is 11.1. The molecular formula is C21H18N4O6S. The third kappa shape index (κ3) is 5.26. The number of anilines is 2. The maximum atomic E-state index is 13.2. The number of nitrogens with zero attached hydrogens (tertiary/aromatic N) is 1. The summed E-state index contributed by atoms with van der Waals surface area (Å²) < 4.78 is 9.50. The molecule has 0 aliphatic heterocycles. The summed E-state index contributed by atoms with van der Waals surface area (Å²) >= 11 is 0.939. The number of thiazole rings is 1. The van der Waals surface area contributed by atoms with E-state index in [1.165, 1.54) is 12.5 Å². The zero-order valence-corrected chi connectivity index (χ0v) is 17.8. The monoisotopic (exact) mass is 454 g/mol. The highest BCUT2D eigenvalue weighted by molar-refractivity contribution is 7.14. The van der Waals surface area contributed by atoms with Crippen LogP contribution in [0.25, 0.3) is 0 Å². The molecule has 3 aromatic rings. The summed E-state index contributed by atoms with van der Waals surface area (Å²) in [7, 11) is 1.47. The molecule has 1 aromatic heterocycles. The van der Waals surface area contributed by atoms with Gasteiger partial charge in [0.15, 0.2) is 16.6 Å². The average molecular weight is 454 g/mol. The van der Waals surface area contributed by atoms with Crippen molar-refractivity contribution in [2.45, 2.75) is 6.92 Å². The SMILES string of the molecule is COc1ccccc1C(=O)c1cc(C)ccc1NC(=O)Nc1nc(C(=O)OC(N)=O)cs1. The number of urea groups is 1. The smallest absolute Gasteiger partial charge is 0.412 e. The molecule has 0 aliphatic carbocycles. The first-order chi connectivity index (χ1) is 15.3. The molecule has 0 fully saturated rings. The Morgan fingerprint density at radius 1 is 1.03 bits per heavy atom. The number of nitrogens with two attached hydrogens (primary N) is 1. The first-order valence-electron chi connectivity index (χ1n) is 9.12. The van der Waals surface area contributed by atoms with Crippen LogP contribution in [0.3, 0.4) is 0 Å². The number of para-hydroxylation sites is 1. The lowest BCUT2D eigenvalue weighted by molar-refractivity contribution is 0.0632. The van der Waals surface area contributed by atoms with E-state index >= 15 is 0 Å². The minimum Gasteiger partial charge on any atom is -0.496 e. The number of hydrogen-bond donors (Lipinski definition) is 3. The number of benzene rings is 2. The van der Waals surface area contributed by atoms with Gasteiger partial charge >= 0.3 is 18.1 Å². The topological polar surface area (TPSA) is 150 Å². The fourth-order valence-corrected chi connectivity index (χ4v) is 3.43. The van der Waals surface area contributed by atoms with Gasteiger partial charge in [-0.25, -0.2) is 19.4 Å². The summed E-state index contributed by atoms with van der Waals surface area (Å²) in [6.07, 6.45) is -1.26. The maximum absolute atomic E-state index is 13.2. The van der Waals surface area contributed by atoms with Crippen LogP contribution < -0.4 is 21.1 Å². The molecule has 164 valence electrons. The fraction of sp³-hybridized carbons (Fsp3) is 0.0952. The molecule has 0 spiro atoms. The molecule has 3 amide bonds. The zero-order chi connectivity index (χ0) is 23.3. The third-order valence-corrected chi connectivity index (χ3v) is 4.90. The predicted molar refractivity (Wildman–Crippen MR) is 117 cm³/mol. The predicted octanol–water partition coefficient (Wildman–Crippen LogP) is 3.57. The van der Waals surface area contributed by atoms with E-state index in [0.29, 0.717) is 11.3 Å². The van der Waals surface area contributed by atoms with Gasteiger partial charge in [0, 0.05) is 10.9 Å². The van der Waals surface area contributed by atoms with Crippen molar-refractivity contribution >= 4 is 46.0 Å². The zero-order valence-electron chi connectivity index (χ0n) is 17.0. The lowest BCUT2D eigenvalue weighted by Gasteiger charge is -2.13. The van der Waals surface area contributed by atoms with Crippen LogP contribution in [0, 0.1) is 6.92 Å². The van der Waals surface area contributed by atoms with Crippen molar-refractivity contribution in [3.63, 3.8) is 0 Å². The highest BCUT2D eigenvalue weighted by atomic mass is 32.1. The first-order valence-corrected chi connectivity index (χ1v) is 10.00. The number of hydrogen-bond acceptors (Lipinski definition) is 8. The molecular weight excluding hydrogens is 436 g/mol. The van der Waals surface area contributed by atoms with Crippen LogP contribution in [0.15, 0.2) is 47.8 Å². The molecule has 0 bridgehead atoms. The van der Waals surface area contributed by atoms with Gasteiger partial charge in [-0.15, -0.1) is 11.3 Å². The normalized spacial score (nSPS) is 10.2. The molecule has 1 heterocycles. The summed E-state index contributed by atoms with van der Waals surface area (Å²) in [5, 5.41) is 6.44. The summed E-state index contributed by atoms with van der Waals surface area (Å²) in [5.74, 6) is -0.954. The van der Waals surface area contributed by atoms with E-state index in [9.17, 15) is 19.2 Å². The average Bonchev–Trinajstić information content (AvgIpc) is 3.22. The first kappa shape index (κ1) is 22.4. The van der Waals surface area contributed by atoms with E-state index < -0.39 is 18.1 Å². The van der Waals surface area contributed by atoms with Gasteiger partial charge in [-0.1, -0.05) is 23.8 Å². The second kappa shape index (κ2) is 9.71. The number of carbonyl (C=O) groups excluding carboxylic acids is 4. The number of esters is 1. The third-order valence-electron chi connectivity index (χ3n) is 4.15. The Labute approximate surface area is 186 Å². The van der Waals surface area contributed by atoms with Crippen LogP contribution >= 0.6 is 11.3 Å². The number of ether oxygens (including phenoxy) is 2. The van der Waals surface area contributed by atoms with Gasteiger partial charge in [0.2, 0.25) is 0 Å². The fourth-order valence-electron chi connectivity index (χ4n) is 2.75. The number of methoxy groups -OCH3 is 1. The van der Waals surface area contributed by atoms with E-state index in [4.69, 9.17) is 10.5 Å².